The van der Waals surface area contributed by atoms with E-state index < -0.39 is 0 Å². The molecule has 1 N–H and O–H groups in total. The van der Waals surface area contributed by atoms with E-state index in [1.165, 1.54) is 37.8 Å². The second kappa shape index (κ2) is 6.08. The standard InChI is InChI=1S/C16H24ClN/c1-3-4-14-12-18-10-9-16(14,2)11-13-5-7-15(17)8-6-13/h5-8,14,18H,3-4,9-12H2,1-2H3. The zero-order chi connectivity index (χ0) is 13.0. The molecule has 1 fully saturated rings. The van der Waals surface area contributed by atoms with Gasteiger partial charge in [-0.25, -0.2) is 0 Å². The molecule has 1 aromatic rings. The first-order valence-corrected chi connectivity index (χ1v) is 7.47. The predicted octanol–water partition coefficient (Wildman–Crippen LogP) is 4.30. The zero-order valence-corrected chi connectivity index (χ0v) is 12.3. The largest absolute Gasteiger partial charge is 0.316 e. The summed E-state index contributed by atoms with van der Waals surface area (Å²) in [5.41, 5.74) is 1.86. The Balaban J connectivity index is 2.10. The van der Waals surface area contributed by atoms with Crippen LogP contribution in [0.15, 0.2) is 24.3 Å². The number of piperidine rings is 1. The molecule has 0 bridgehead atoms. The van der Waals surface area contributed by atoms with E-state index in [1.807, 2.05) is 12.1 Å². The Morgan fingerprint density at radius 2 is 2.06 bits per heavy atom. The summed E-state index contributed by atoms with van der Waals surface area (Å²) in [6.45, 7) is 7.09. The lowest BCUT2D eigenvalue weighted by molar-refractivity contribution is 0.120. The molecular weight excluding hydrogens is 242 g/mol. The van der Waals surface area contributed by atoms with Gasteiger partial charge in [0.15, 0.2) is 0 Å². The van der Waals surface area contributed by atoms with E-state index in [0.717, 1.165) is 17.5 Å². The van der Waals surface area contributed by atoms with E-state index >= 15 is 0 Å². The molecule has 0 saturated carbocycles. The molecule has 100 valence electrons. The lowest BCUT2D eigenvalue weighted by Gasteiger charge is -2.42. The number of halogens is 1. The van der Waals surface area contributed by atoms with Crippen LogP contribution in [0.2, 0.25) is 5.02 Å². The lowest BCUT2D eigenvalue weighted by atomic mass is 9.67. The zero-order valence-electron chi connectivity index (χ0n) is 11.5. The molecule has 18 heavy (non-hydrogen) atoms. The van der Waals surface area contributed by atoms with Crippen LogP contribution < -0.4 is 5.32 Å². The fourth-order valence-electron chi connectivity index (χ4n) is 3.20. The van der Waals surface area contributed by atoms with Gasteiger partial charge in [-0.05, 0) is 61.4 Å². The van der Waals surface area contributed by atoms with Gasteiger partial charge in [-0.15, -0.1) is 0 Å². The van der Waals surface area contributed by atoms with E-state index in [4.69, 9.17) is 11.6 Å². The van der Waals surface area contributed by atoms with E-state index in [9.17, 15) is 0 Å². The molecule has 1 aliphatic heterocycles. The third kappa shape index (κ3) is 3.27. The highest BCUT2D eigenvalue weighted by atomic mass is 35.5. The van der Waals surface area contributed by atoms with E-state index in [2.05, 4.69) is 31.3 Å². The van der Waals surface area contributed by atoms with Crippen molar-refractivity contribution in [2.75, 3.05) is 13.1 Å². The van der Waals surface area contributed by atoms with Gasteiger partial charge < -0.3 is 5.32 Å². The first-order valence-electron chi connectivity index (χ1n) is 7.09. The summed E-state index contributed by atoms with van der Waals surface area (Å²) in [6.07, 6.45) is 5.07. The second-order valence-electron chi connectivity index (χ2n) is 5.90. The van der Waals surface area contributed by atoms with Crippen LogP contribution in [-0.4, -0.2) is 13.1 Å². The molecule has 1 aliphatic rings. The molecule has 2 heteroatoms. The van der Waals surface area contributed by atoms with Gasteiger partial charge in [-0.1, -0.05) is 44.0 Å². The van der Waals surface area contributed by atoms with Gasteiger partial charge in [0.1, 0.15) is 0 Å². The lowest BCUT2D eigenvalue weighted by Crippen LogP contribution is -2.44. The molecule has 1 saturated heterocycles. The highest BCUT2D eigenvalue weighted by molar-refractivity contribution is 6.30. The highest BCUT2D eigenvalue weighted by Gasteiger charge is 2.35. The van der Waals surface area contributed by atoms with Crippen molar-refractivity contribution in [3.63, 3.8) is 0 Å². The Labute approximate surface area is 116 Å². The number of rotatable bonds is 4. The van der Waals surface area contributed by atoms with Gasteiger partial charge in [0, 0.05) is 5.02 Å². The van der Waals surface area contributed by atoms with Crippen LogP contribution in [0.3, 0.4) is 0 Å². The van der Waals surface area contributed by atoms with Crippen LogP contribution in [0.5, 0.6) is 0 Å². The van der Waals surface area contributed by atoms with Gasteiger partial charge in [0.2, 0.25) is 0 Å². The van der Waals surface area contributed by atoms with Crippen LogP contribution in [0.1, 0.15) is 38.7 Å². The van der Waals surface area contributed by atoms with Crippen molar-refractivity contribution in [1.29, 1.82) is 0 Å². The molecule has 0 radical (unpaired) electrons. The summed E-state index contributed by atoms with van der Waals surface area (Å²) in [4.78, 5) is 0. The van der Waals surface area contributed by atoms with Crippen molar-refractivity contribution < 1.29 is 0 Å². The summed E-state index contributed by atoms with van der Waals surface area (Å²) in [6, 6.07) is 8.38. The number of hydrogen-bond acceptors (Lipinski definition) is 1. The molecule has 0 aliphatic carbocycles. The molecule has 0 spiro atoms. The minimum Gasteiger partial charge on any atom is -0.316 e. The topological polar surface area (TPSA) is 12.0 Å². The maximum absolute atomic E-state index is 5.96. The molecule has 1 nitrogen and oxygen atoms in total. The minimum absolute atomic E-state index is 0.440. The monoisotopic (exact) mass is 265 g/mol. The number of benzene rings is 1. The third-order valence-corrected chi connectivity index (χ3v) is 4.66. The van der Waals surface area contributed by atoms with Crippen molar-refractivity contribution >= 4 is 11.6 Å². The maximum Gasteiger partial charge on any atom is 0.0406 e. The Morgan fingerprint density at radius 3 is 2.72 bits per heavy atom. The molecule has 1 aromatic carbocycles. The average Bonchev–Trinajstić information content (AvgIpc) is 2.36. The Morgan fingerprint density at radius 1 is 1.33 bits per heavy atom. The van der Waals surface area contributed by atoms with Crippen molar-refractivity contribution in [3.8, 4) is 0 Å². The molecule has 2 unspecified atom stereocenters. The van der Waals surface area contributed by atoms with E-state index in [0.29, 0.717) is 5.41 Å². The predicted molar refractivity (Wildman–Crippen MR) is 79.1 cm³/mol. The molecule has 2 rings (SSSR count). The van der Waals surface area contributed by atoms with Crippen LogP contribution in [-0.2, 0) is 6.42 Å². The molecule has 0 amide bonds. The Bertz CT molecular complexity index is 371. The molecule has 2 atom stereocenters. The maximum atomic E-state index is 5.96. The average molecular weight is 266 g/mol. The quantitative estimate of drug-likeness (QED) is 0.856. The number of nitrogens with one attached hydrogen (secondary N) is 1. The summed E-state index contributed by atoms with van der Waals surface area (Å²) in [7, 11) is 0. The molecular formula is C16H24ClN. The fraction of sp³-hybridized carbons (Fsp3) is 0.625. The first-order chi connectivity index (χ1) is 8.64. The van der Waals surface area contributed by atoms with Gasteiger partial charge in [-0.3, -0.25) is 0 Å². The summed E-state index contributed by atoms with van der Waals surface area (Å²) in [5, 5.41) is 4.38. The highest BCUT2D eigenvalue weighted by Crippen LogP contribution is 2.39. The van der Waals surface area contributed by atoms with Gasteiger partial charge in [-0.2, -0.15) is 0 Å². The fourth-order valence-corrected chi connectivity index (χ4v) is 3.33. The van der Waals surface area contributed by atoms with E-state index in [-0.39, 0.29) is 0 Å². The normalized spacial score (nSPS) is 28.3. The Hall–Kier alpha value is -0.530. The first kappa shape index (κ1) is 13.9. The van der Waals surface area contributed by atoms with Crippen LogP contribution in [0.4, 0.5) is 0 Å². The van der Waals surface area contributed by atoms with Crippen molar-refractivity contribution in [3.05, 3.63) is 34.9 Å². The van der Waals surface area contributed by atoms with Crippen molar-refractivity contribution in [1.82, 2.24) is 5.32 Å². The summed E-state index contributed by atoms with van der Waals surface area (Å²) in [5.74, 6) is 0.798. The molecule has 1 heterocycles. The van der Waals surface area contributed by atoms with E-state index in [1.54, 1.807) is 0 Å². The Kier molecular flexibility index (Phi) is 4.69. The van der Waals surface area contributed by atoms with Crippen molar-refractivity contribution in [2.45, 2.75) is 39.5 Å². The van der Waals surface area contributed by atoms with Gasteiger partial charge in [0.25, 0.3) is 0 Å². The van der Waals surface area contributed by atoms with Gasteiger partial charge in [0.05, 0.1) is 0 Å². The van der Waals surface area contributed by atoms with Crippen LogP contribution >= 0.6 is 11.6 Å². The minimum atomic E-state index is 0.440. The second-order valence-corrected chi connectivity index (χ2v) is 6.33. The summed E-state index contributed by atoms with van der Waals surface area (Å²) >= 11 is 5.96. The van der Waals surface area contributed by atoms with Crippen LogP contribution in [0.25, 0.3) is 0 Å². The smallest absolute Gasteiger partial charge is 0.0406 e. The van der Waals surface area contributed by atoms with Gasteiger partial charge >= 0.3 is 0 Å². The van der Waals surface area contributed by atoms with Crippen molar-refractivity contribution in [2.24, 2.45) is 11.3 Å². The summed E-state index contributed by atoms with van der Waals surface area (Å²) < 4.78 is 0. The van der Waals surface area contributed by atoms with Crippen LogP contribution in [0, 0.1) is 11.3 Å². The third-order valence-electron chi connectivity index (χ3n) is 4.41. The molecule has 0 aromatic heterocycles. The number of hydrogen-bond donors (Lipinski definition) is 1. The SMILES string of the molecule is CCCC1CNCCC1(C)Cc1ccc(Cl)cc1.